The maximum Gasteiger partial charge on any atom is 0.322 e. The zero-order chi connectivity index (χ0) is 21.8. The van der Waals surface area contributed by atoms with Crippen LogP contribution in [0, 0.1) is 0 Å². The second-order valence-electron chi connectivity index (χ2n) is 7.75. The zero-order valence-corrected chi connectivity index (χ0v) is 19.2. The van der Waals surface area contributed by atoms with Crippen LogP contribution in [-0.2, 0) is 13.8 Å². The molecular formula is C19H31N6O4P. The first-order valence-corrected chi connectivity index (χ1v) is 11.4. The molecule has 0 aliphatic carbocycles. The number of aliphatic imine (C=N–C) groups is 1. The Morgan fingerprint density at radius 2 is 2.13 bits per heavy atom. The van der Waals surface area contributed by atoms with Crippen LogP contribution in [-0.4, -0.2) is 61.4 Å². The van der Waals surface area contributed by atoms with Gasteiger partial charge in [0.25, 0.3) is 5.56 Å². The van der Waals surface area contributed by atoms with E-state index in [4.69, 9.17) is 13.8 Å². The van der Waals surface area contributed by atoms with Gasteiger partial charge in [0.15, 0.2) is 17.6 Å². The number of hydrogen-bond donors (Lipinski definition) is 1. The number of aromatic amines is 1. The summed E-state index contributed by atoms with van der Waals surface area (Å²) in [5.41, 5.74) is 0.524. The molecule has 0 radical (unpaired) electrons. The molecule has 3 heterocycles. The van der Waals surface area contributed by atoms with Gasteiger partial charge in [-0.1, -0.05) is 0 Å². The Morgan fingerprint density at radius 1 is 1.40 bits per heavy atom. The Balaban J connectivity index is 1.79. The van der Waals surface area contributed by atoms with Crippen LogP contribution in [0.15, 0.2) is 22.4 Å². The van der Waals surface area contributed by atoms with Crippen LogP contribution >= 0.6 is 8.53 Å². The third kappa shape index (κ3) is 4.88. The summed E-state index contributed by atoms with van der Waals surface area (Å²) in [7, 11) is -1.36. The predicted octanol–water partition coefficient (Wildman–Crippen LogP) is 3.22. The number of ether oxygens (including phenoxy) is 1. The van der Waals surface area contributed by atoms with Crippen LogP contribution in [0.3, 0.4) is 0 Å². The number of fused-ring (bicyclic) bond motifs is 1. The molecule has 30 heavy (non-hydrogen) atoms. The van der Waals surface area contributed by atoms with Crippen molar-refractivity contribution in [3.8, 4) is 0 Å². The molecule has 4 atom stereocenters. The highest BCUT2D eigenvalue weighted by molar-refractivity contribution is 7.45. The topological polar surface area (TPSA) is 107 Å². The molecule has 0 saturated carbocycles. The summed E-state index contributed by atoms with van der Waals surface area (Å²) >= 11 is 0. The van der Waals surface area contributed by atoms with Crippen molar-refractivity contribution in [1.29, 1.82) is 0 Å². The number of aromatic nitrogens is 4. The molecule has 0 aromatic carbocycles. The van der Waals surface area contributed by atoms with E-state index < -0.39 is 8.53 Å². The van der Waals surface area contributed by atoms with Gasteiger partial charge in [-0.2, -0.15) is 0 Å². The first-order chi connectivity index (χ1) is 14.3. The minimum absolute atomic E-state index is 0.160. The number of imidazole rings is 1. The number of hydrogen-bond acceptors (Lipinski definition) is 8. The standard InChI is InChI=1S/C19H31N6O4P/c1-7-20-11-27-30(25(12(2)3)13(4)5)29-15-8-16(28-14(15)6)24-10-23-17-18(24)21-9-22-19(17)26/h9-16H,7-8H2,1-6H3,(H,21,22,26)/b20-11+/t14?,15-,16?,30?/m1/s1. The third-order valence-electron chi connectivity index (χ3n) is 4.87. The third-order valence-corrected chi connectivity index (χ3v) is 6.90. The molecule has 0 amide bonds. The van der Waals surface area contributed by atoms with Crippen LogP contribution in [0.5, 0.6) is 0 Å². The fraction of sp³-hybridized carbons (Fsp3) is 0.684. The van der Waals surface area contributed by atoms with Gasteiger partial charge in [0.2, 0.25) is 0 Å². The molecule has 1 N–H and O–H groups in total. The highest BCUT2D eigenvalue weighted by Gasteiger charge is 2.40. The van der Waals surface area contributed by atoms with Crippen LogP contribution in [0.2, 0.25) is 0 Å². The summed E-state index contributed by atoms with van der Waals surface area (Å²) in [4.78, 5) is 27.1. The summed E-state index contributed by atoms with van der Waals surface area (Å²) in [6, 6.07) is 0.487. The quantitative estimate of drug-likeness (QED) is 0.364. The number of rotatable bonds is 9. The van der Waals surface area contributed by atoms with Crippen molar-refractivity contribution >= 4 is 26.1 Å². The normalized spacial score (nSPS) is 23.4. The van der Waals surface area contributed by atoms with Crippen molar-refractivity contribution in [3.63, 3.8) is 0 Å². The molecule has 0 bridgehead atoms. The Kier molecular flexibility index (Phi) is 7.57. The molecule has 1 aliphatic rings. The van der Waals surface area contributed by atoms with Crippen molar-refractivity contribution in [3.05, 3.63) is 23.0 Å². The van der Waals surface area contributed by atoms with Gasteiger partial charge in [-0.25, -0.2) is 14.6 Å². The maximum atomic E-state index is 11.9. The minimum atomic E-state index is -1.36. The second-order valence-corrected chi connectivity index (χ2v) is 9.11. The average molecular weight is 438 g/mol. The van der Waals surface area contributed by atoms with Crippen molar-refractivity contribution in [2.24, 2.45) is 4.99 Å². The molecular weight excluding hydrogens is 407 g/mol. The molecule has 10 nitrogen and oxygen atoms in total. The number of nitrogens with zero attached hydrogens (tertiary/aromatic N) is 5. The van der Waals surface area contributed by atoms with Gasteiger partial charge < -0.3 is 18.8 Å². The molecule has 2 aromatic rings. The molecule has 1 saturated heterocycles. The van der Waals surface area contributed by atoms with Crippen molar-refractivity contribution < 1.29 is 13.8 Å². The van der Waals surface area contributed by atoms with Crippen LogP contribution < -0.4 is 5.56 Å². The van der Waals surface area contributed by atoms with Gasteiger partial charge in [-0.15, -0.1) is 0 Å². The molecule has 1 fully saturated rings. The Labute approximate surface area is 177 Å². The van der Waals surface area contributed by atoms with Gasteiger partial charge >= 0.3 is 8.53 Å². The van der Waals surface area contributed by atoms with Crippen LogP contribution in [0.4, 0.5) is 0 Å². The van der Waals surface area contributed by atoms with Crippen molar-refractivity contribution in [2.45, 2.75) is 78.5 Å². The van der Waals surface area contributed by atoms with Gasteiger partial charge in [0.1, 0.15) is 6.23 Å². The van der Waals surface area contributed by atoms with E-state index >= 15 is 0 Å². The van der Waals surface area contributed by atoms with Gasteiger partial charge in [-0.05, 0) is 41.5 Å². The van der Waals surface area contributed by atoms with E-state index in [2.05, 4.69) is 52.3 Å². The fourth-order valence-electron chi connectivity index (χ4n) is 3.53. The lowest BCUT2D eigenvalue weighted by Crippen LogP contribution is -2.35. The fourth-order valence-corrected chi connectivity index (χ4v) is 5.19. The van der Waals surface area contributed by atoms with E-state index in [-0.39, 0.29) is 36.1 Å². The van der Waals surface area contributed by atoms with Crippen LogP contribution in [0.1, 0.15) is 54.2 Å². The summed E-state index contributed by atoms with van der Waals surface area (Å²) in [6.45, 7) is 13.1. The molecule has 2 aromatic heterocycles. The zero-order valence-electron chi connectivity index (χ0n) is 18.3. The van der Waals surface area contributed by atoms with E-state index in [9.17, 15) is 4.79 Å². The molecule has 166 valence electrons. The molecule has 3 rings (SSSR count). The van der Waals surface area contributed by atoms with Gasteiger partial charge in [0.05, 0.1) is 24.9 Å². The maximum absolute atomic E-state index is 11.9. The monoisotopic (exact) mass is 438 g/mol. The largest absolute Gasteiger partial charge is 0.425 e. The second kappa shape index (κ2) is 9.96. The predicted molar refractivity (Wildman–Crippen MR) is 116 cm³/mol. The smallest absolute Gasteiger partial charge is 0.322 e. The highest BCUT2D eigenvalue weighted by atomic mass is 31.2. The van der Waals surface area contributed by atoms with Crippen molar-refractivity contribution in [2.75, 3.05) is 6.54 Å². The Morgan fingerprint density at radius 3 is 2.80 bits per heavy atom. The summed E-state index contributed by atoms with van der Waals surface area (Å²) in [5.74, 6) is 0. The minimum Gasteiger partial charge on any atom is -0.425 e. The number of H-pyrrole nitrogens is 1. The average Bonchev–Trinajstić information content (AvgIpc) is 3.26. The van der Waals surface area contributed by atoms with E-state index in [1.54, 1.807) is 10.9 Å². The van der Waals surface area contributed by atoms with E-state index in [1.165, 1.54) is 12.7 Å². The highest BCUT2D eigenvalue weighted by Crippen LogP contribution is 2.49. The summed E-state index contributed by atoms with van der Waals surface area (Å²) in [6.07, 6.45) is 4.38. The SMILES string of the molecule is CC/N=C/OP(O[C@@H]1CC(n2cnc3c(=O)[nH]cnc32)OC1C)N(C(C)C)C(C)C. The molecule has 3 unspecified atom stereocenters. The first-order valence-electron chi connectivity index (χ1n) is 10.3. The van der Waals surface area contributed by atoms with E-state index in [0.717, 1.165) is 0 Å². The van der Waals surface area contributed by atoms with Gasteiger partial charge in [-0.3, -0.25) is 14.4 Å². The Hall–Kier alpha value is -1.87. The van der Waals surface area contributed by atoms with Crippen LogP contribution in [0.25, 0.3) is 11.2 Å². The lowest BCUT2D eigenvalue weighted by atomic mass is 10.2. The van der Waals surface area contributed by atoms with Gasteiger partial charge in [0, 0.05) is 25.0 Å². The summed E-state index contributed by atoms with van der Waals surface area (Å²) < 4.78 is 22.5. The molecule has 11 heteroatoms. The molecule has 1 aliphatic heterocycles. The van der Waals surface area contributed by atoms with Crippen molar-refractivity contribution in [1.82, 2.24) is 24.2 Å². The lowest BCUT2D eigenvalue weighted by Gasteiger charge is -2.36. The lowest BCUT2D eigenvalue weighted by molar-refractivity contribution is -0.00382. The Bertz CT molecular complexity index is 906. The summed E-state index contributed by atoms with van der Waals surface area (Å²) in [5, 5.41) is 0. The number of nitrogens with one attached hydrogen (secondary N) is 1. The molecule has 0 spiro atoms. The van der Waals surface area contributed by atoms with E-state index in [0.29, 0.717) is 24.1 Å². The van der Waals surface area contributed by atoms with E-state index in [1.807, 2.05) is 13.8 Å². The first kappa shape index (κ1) is 22.8.